The summed E-state index contributed by atoms with van der Waals surface area (Å²) in [4.78, 5) is 37.1. The molecule has 2 N–H and O–H groups in total. The number of β-amino-alcohol motifs (C(OH)–C–C–N with tert-alkyl or cyclic N) is 1. The third kappa shape index (κ3) is 4.06. The molecule has 0 bridgehead atoms. The predicted octanol–water partition coefficient (Wildman–Crippen LogP) is 1.75. The number of nitrogens with zero attached hydrogens (tertiary/aromatic N) is 5. The van der Waals surface area contributed by atoms with Gasteiger partial charge in [0, 0.05) is 56.5 Å². The minimum absolute atomic E-state index is 0.0267. The number of imidazole rings is 1. The highest BCUT2D eigenvalue weighted by molar-refractivity contribution is 5.77. The van der Waals surface area contributed by atoms with Crippen LogP contribution >= 0.6 is 0 Å². The monoisotopic (exact) mass is 494 g/mol. The highest BCUT2D eigenvalue weighted by Crippen LogP contribution is 2.51. The smallest absolute Gasteiger partial charge is 0.320 e. The average molecular weight is 495 g/mol. The number of nitrogens with one attached hydrogen (secondary N) is 1. The number of rotatable bonds is 3. The van der Waals surface area contributed by atoms with E-state index in [9.17, 15) is 14.7 Å². The minimum atomic E-state index is -0.996. The normalized spacial score (nSPS) is 31.8. The Morgan fingerprint density at radius 2 is 2.03 bits per heavy atom. The quantitative estimate of drug-likeness (QED) is 0.668. The molecule has 4 heterocycles. The van der Waals surface area contributed by atoms with Gasteiger partial charge in [-0.25, -0.2) is 9.78 Å². The Labute approximate surface area is 212 Å². The van der Waals surface area contributed by atoms with Crippen LogP contribution in [0.4, 0.5) is 4.79 Å². The van der Waals surface area contributed by atoms with Crippen molar-refractivity contribution in [1.29, 1.82) is 0 Å². The van der Waals surface area contributed by atoms with Crippen LogP contribution in [0.25, 0.3) is 0 Å². The number of fused-ring (bicyclic) bond motifs is 1. The summed E-state index contributed by atoms with van der Waals surface area (Å²) < 4.78 is 1.89. The largest absolute Gasteiger partial charge is 0.387 e. The second-order valence-corrected chi connectivity index (χ2v) is 11.4. The van der Waals surface area contributed by atoms with Gasteiger partial charge in [-0.05, 0) is 25.7 Å². The fourth-order valence-corrected chi connectivity index (χ4v) is 7.27. The summed E-state index contributed by atoms with van der Waals surface area (Å²) in [6, 6.07) is 0.247. The van der Waals surface area contributed by atoms with Crippen LogP contribution in [0.2, 0.25) is 0 Å². The van der Waals surface area contributed by atoms with Gasteiger partial charge < -0.3 is 29.7 Å². The van der Waals surface area contributed by atoms with E-state index in [0.29, 0.717) is 45.1 Å². The molecule has 9 heteroatoms. The fraction of sp³-hybridized carbons (Fsp3) is 0.667. The molecule has 2 aliphatic carbocycles. The van der Waals surface area contributed by atoms with Gasteiger partial charge in [-0.3, -0.25) is 4.79 Å². The summed E-state index contributed by atoms with van der Waals surface area (Å²) >= 11 is 0. The second kappa shape index (κ2) is 9.34. The van der Waals surface area contributed by atoms with Gasteiger partial charge in [0.25, 0.3) is 0 Å². The van der Waals surface area contributed by atoms with Crippen molar-refractivity contribution in [2.45, 2.75) is 63.3 Å². The molecule has 36 heavy (non-hydrogen) atoms. The molecule has 3 atom stereocenters. The van der Waals surface area contributed by atoms with E-state index in [4.69, 9.17) is 0 Å². The summed E-state index contributed by atoms with van der Waals surface area (Å²) in [5, 5.41) is 15.6. The molecular formula is C27H38N6O3. The first-order valence-electron chi connectivity index (χ1n) is 13.6. The third-order valence-electron chi connectivity index (χ3n) is 9.39. The van der Waals surface area contributed by atoms with Crippen LogP contribution in [0.15, 0.2) is 36.7 Å². The van der Waals surface area contributed by atoms with E-state index in [2.05, 4.69) is 39.5 Å². The number of allylic oxidation sites excluding steroid dienone is 3. The molecule has 3 aliphatic heterocycles. The number of hydrogen-bond acceptors (Lipinski definition) is 5. The number of carbonyl (C=O) groups excluding carboxylic acids is 2. The van der Waals surface area contributed by atoms with Crippen LogP contribution in [-0.2, 0) is 17.9 Å². The molecular weight excluding hydrogens is 456 g/mol. The summed E-state index contributed by atoms with van der Waals surface area (Å²) in [5.41, 5.74) is -1.37. The van der Waals surface area contributed by atoms with E-state index in [1.165, 1.54) is 0 Å². The summed E-state index contributed by atoms with van der Waals surface area (Å²) in [6.45, 7) is 4.43. The maximum absolute atomic E-state index is 13.9. The maximum atomic E-state index is 13.9. The van der Waals surface area contributed by atoms with Gasteiger partial charge in [0.1, 0.15) is 12.4 Å². The van der Waals surface area contributed by atoms with Gasteiger partial charge in [0.05, 0.1) is 24.7 Å². The van der Waals surface area contributed by atoms with Gasteiger partial charge >= 0.3 is 6.03 Å². The lowest BCUT2D eigenvalue weighted by atomic mass is 9.65. The molecule has 3 fully saturated rings. The van der Waals surface area contributed by atoms with Crippen molar-refractivity contribution >= 4 is 11.9 Å². The van der Waals surface area contributed by atoms with Crippen LogP contribution in [0.3, 0.4) is 0 Å². The van der Waals surface area contributed by atoms with Crippen molar-refractivity contribution in [1.82, 2.24) is 29.6 Å². The number of aliphatic hydroxyl groups is 1. The lowest BCUT2D eigenvalue weighted by Gasteiger charge is -2.54. The second-order valence-electron chi connectivity index (χ2n) is 11.4. The number of piperazine rings is 1. The molecule has 2 unspecified atom stereocenters. The topological polar surface area (TPSA) is 93.9 Å². The van der Waals surface area contributed by atoms with Crippen LogP contribution < -0.4 is 5.32 Å². The molecule has 0 radical (unpaired) electrons. The summed E-state index contributed by atoms with van der Waals surface area (Å²) in [7, 11) is 0. The van der Waals surface area contributed by atoms with E-state index in [0.717, 1.165) is 51.0 Å². The van der Waals surface area contributed by atoms with E-state index < -0.39 is 5.60 Å². The van der Waals surface area contributed by atoms with Crippen molar-refractivity contribution < 1.29 is 14.7 Å². The fourth-order valence-electron chi connectivity index (χ4n) is 7.27. The zero-order valence-corrected chi connectivity index (χ0v) is 21.0. The standard InChI is InChI=1S/C27H38N6O3/c34-24-18-30-14-12-29-23(30)17-32(24)20-27(36)10-13-31(19-26(27)8-4-5-9-26)25(35)33-15-11-28-16-22(33)21-6-2-1-3-7-21/h1-3,6,12,14,21-22,28,36H,4-5,7-11,13,15-20H2/t21?,22-,27?/m0/s1. The molecule has 1 aromatic heterocycles. The Kier molecular flexibility index (Phi) is 6.16. The van der Waals surface area contributed by atoms with Crippen molar-refractivity contribution in [2.24, 2.45) is 11.3 Å². The first kappa shape index (κ1) is 23.7. The predicted molar refractivity (Wildman–Crippen MR) is 135 cm³/mol. The Morgan fingerprint density at radius 1 is 1.17 bits per heavy atom. The Bertz CT molecular complexity index is 1060. The zero-order valence-electron chi connectivity index (χ0n) is 21.0. The SMILES string of the molecule is O=C1Cn2ccnc2CN1CC1(O)CCN(C(=O)N2CCNC[C@H]2C2C=CC=CC2)CC12CCCC2. The van der Waals surface area contributed by atoms with Gasteiger partial charge in [0.15, 0.2) is 0 Å². The van der Waals surface area contributed by atoms with Gasteiger partial charge in [-0.15, -0.1) is 0 Å². The molecule has 2 saturated heterocycles. The van der Waals surface area contributed by atoms with Crippen LogP contribution in [0.1, 0.15) is 44.3 Å². The molecule has 194 valence electrons. The van der Waals surface area contributed by atoms with Crippen molar-refractivity contribution in [3.05, 3.63) is 42.5 Å². The lowest BCUT2D eigenvalue weighted by molar-refractivity contribution is -0.159. The number of likely N-dealkylation sites (tertiary alicyclic amines) is 1. The Morgan fingerprint density at radius 3 is 2.83 bits per heavy atom. The van der Waals surface area contributed by atoms with Crippen LogP contribution in [0.5, 0.6) is 0 Å². The number of hydrogen-bond donors (Lipinski definition) is 2. The number of aromatic nitrogens is 2. The molecule has 5 aliphatic rings. The zero-order chi connectivity index (χ0) is 24.8. The van der Waals surface area contributed by atoms with Crippen LogP contribution in [0, 0.1) is 11.3 Å². The lowest BCUT2D eigenvalue weighted by Crippen LogP contribution is -2.67. The molecule has 1 spiro atoms. The van der Waals surface area contributed by atoms with E-state index in [1.54, 1.807) is 11.1 Å². The van der Waals surface area contributed by atoms with Crippen molar-refractivity contribution in [3.8, 4) is 0 Å². The van der Waals surface area contributed by atoms with Crippen LogP contribution in [-0.4, -0.2) is 92.2 Å². The molecule has 3 amide bonds. The number of amides is 3. The molecule has 1 saturated carbocycles. The number of carbonyl (C=O) groups is 2. The van der Waals surface area contributed by atoms with E-state index >= 15 is 0 Å². The first-order valence-corrected chi connectivity index (χ1v) is 13.6. The number of piperidine rings is 1. The molecule has 9 nitrogen and oxygen atoms in total. The number of urea groups is 1. The first-order chi connectivity index (χ1) is 17.5. The van der Waals surface area contributed by atoms with E-state index in [1.807, 2.05) is 15.7 Å². The Balaban J connectivity index is 1.19. The van der Waals surface area contributed by atoms with Gasteiger partial charge in [-0.1, -0.05) is 37.1 Å². The van der Waals surface area contributed by atoms with Gasteiger partial charge in [-0.2, -0.15) is 0 Å². The van der Waals surface area contributed by atoms with Crippen molar-refractivity contribution in [2.75, 3.05) is 39.3 Å². The minimum Gasteiger partial charge on any atom is -0.387 e. The molecule has 6 rings (SSSR count). The summed E-state index contributed by atoms with van der Waals surface area (Å²) in [6.07, 6.45) is 17.5. The molecule has 0 aromatic carbocycles. The maximum Gasteiger partial charge on any atom is 0.320 e. The van der Waals surface area contributed by atoms with E-state index in [-0.39, 0.29) is 29.9 Å². The van der Waals surface area contributed by atoms with Crippen molar-refractivity contribution in [3.63, 3.8) is 0 Å². The molecule has 1 aromatic rings. The van der Waals surface area contributed by atoms with Gasteiger partial charge in [0.2, 0.25) is 5.91 Å². The third-order valence-corrected chi connectivity index (χ3v) is 9.39. The highest BCUT2D eigenvalue weighted by Gasteiger charge is 2.57. The summed E-state index contributed by atoms with van der Waals surface area (Å²) in [5.74, 6) is 1.22. The highest BCUT2D eigenvalue weighted by atomic mass is 16.3. The average Bonchev–Trinajstić information content (AvgIpc) is 3.56. The Hall–Kier alpha value is -2.65.